The molecule has 0 aliphatic heterocycles. The lowest BCUT2D eigenvalue weighted by Crippen LogP contribution is -2.24. The molecule has 1 aliphatic rings. The van der Waals surface area contributed by atoms with Crippen LogP contribution in [0, 0.1) is 0 Å². The number of benzene rings is 1. The standard InChI is InChI=1S/C13H16N2O2/c16-12-7-3-6-11(8-12)15-13(17)14-9-10-4-1-2-5-10/h3,6-9,16H,1-2,4-5H2,(H2,14,15,17). The molecule has 0 bridgehead atoms. The van der Waals surface area contributed by atoms with E-state index in [1.807, 2.05) is 0 Å². The van der Waals surface area contributed by atoms with Crippen LogP contribution < -0.4 is 10.6 Å². The Hall–Kier alpha value is -1.97. The van der Waals surface area contributed by atoms with Crippen molar-refractivity contribution in [3.8, 4) is 5.75 Å². The number of hydrogen-bond acceptors (Lipinski definition) is 2. The molecule has 17 heavy (non-hydrogen) atoms. The first kappa shape index (κ1) is 11.5. The van der Waals surface area contributed by atoms with Gasteiger partial charge >= 0.3 is 6.03 Å². The highest BCUT2D eigenvalue weighted by atomic mass is 16.3. The molecule has 4 nitrogen and oxygen atoms in total. The van der Waals surface area contributed by atoms with Crippen LogP contribution in [0.3, 0.4) is 0 Å². The van der Waals surface area contributed by atoms with Gasteiger partial charge in [-0.15, -0.1) is 0 Å². The molecule has 0 saturated heterocycles. The van der Waals surface area contributed by atoms with Gasteiger partial charge in [0.05, 0.1) is 0 Å². The van der Waals surface area contributed by atoms with Gasteiger partial charge in [0.2, 0.25) is 0 Å². The third kappa shape index (κ3) is 3.52. The summed E-state index contributed by atoms with van der Waals surface area (Å²) < 4.78 is 0. The zero-order valence-corrected chi connectivity index (χ0v) is 9.57. The summed E-state index contributed by atoms with van der Waals surface area (Å²) in [5.74, 6) is 0.136. The predicted octanol–water partition coefficient (Wildman–Crippen LogP) is 2.97. The van der Waals surface area contributed by atoms with E-state index < -0.39 is 0 Å². The first-order valence-electron chi connectivity index (χ1n) is 5.78. The van der Waals surface area contributed by atoms with Crippen molar-refractivity contribution in [2.45, 2.75) is 25.7 Å². The van der Waals surface area contributed by atoms with Crippen molar-refractivity contribution < 1.29 is 9.90 Å². The van der Waals surface area contributed by atoms with E-state index in [0.717, 1.165) is 12.8 Å². The molecule has 0 unspecified atom stereocenters. The number of hydrogen-bond donors (Lipinski definition) is 3. The molecule has 1 fully saturated rings. The predicted molar refractivity (Wildman–Crippen MR) is 66.8 cm³/mol. The molecule has 3 N–H and O–H groups in total. The molecule has 2 amide bonds. The molecule has 0 radical (unpaired) electrons. The summed E-state index contributed by atoms with van der Waals surface area (Å²) in [6.45, 7) is 0. The molecule has 0 atom stereocenters. The van der Waals surface area contributed by atoms with Gasteiger partial charge in [-0.3, -0.25) is 0 Å². The number of rotatable bonds is 2. The van der Waals surface area contributed by atoms with E-state index in [4.69, 9.17) is 0 Å². The van der Waals surface area contributed by atoms with Crippen LogP contribution in [0.4, 0.5) is 10.5 Å². The molecule has 1 aliphatic carbocycles. The number of nitrogens with one attached hydrogen (secondary N) is 2. The first-order chi connectivity index (χ1) is 8.24. The van der Waals surface area contributed by atoms with Crippen molar-refractivity contribution in [2.75, 3.05) is 5.32 Å². The van der Waals surface area contributed by atoms with Crippen LogP contribution in [0.2, 0.25) is 0 Å². The fourth-order valence-electron chi connectivity index (χ4n) is 1.89. The number of urea groups is 1. The third-order valence-electron chi connectivity index (χ3n) is 2.76. The Morgan fingerprint density at radius 1 is 1.29 bits per heavy atom. The van der Waals surface area contributed by atoms with Crippen molar-refractivity contribution in [3.63, 3.8) is 0 Å². The summed E-state index contributed by atoms with van der Waals surface area (Å²) >= 11 is 0. The second-order valence-electron chi connectivity index (χ2n) is 4.16. The fourth-order valence-corrected chi connectivity index (χ4v) is 1.89. The Morgan fingerprint density at radius 2 is 2.06 bits per heavy atom. The van der Waals surface area contributed by atoms with Gasteiger partial charge in [-0.2, -0.15) is 0 Å². The van der Waals surface area contributed by atoms with E-state index >= 15 is 0 Å². The maximum Gasteiger partial charge on any atom is 0.323 e. The number of carbonyl (C=O) groups excluding carboxylic acids is 1. The highest BCUT2D eigenvalue weighted by Crippen LogP contribution is 2.22. The van der Waals surface area contributed by atoms with Crippen LogP contribution >= 0.6 is 0 Å². The van der Waals surface area contributed by atoms with Gasteiger partial charge in [0, 0.05) is 18.0 Å². The first-order valence-corrected chi connectivity index (χ1v) is 5.78. The molecule has 1 aromatic rings. The molecular formula is C13H16N2O2. The van der Waals surface area contributed by atoms with E-state index in [1.54, 1.807) is 24.4 Å². The van der Waals surface area contributed by atoms with Gasteiger partial charge in [0.25, 0.3) is 0 Å². The second kappa shape index (κ2) is 5.39. The molecule has 0 spiro atoms. The Labute approximate surface area is 100 Å². The van der Waals surface area contributed by atoms with Crippen molar-refractivity contribution in [2.24, 2.45) is 0 Å². The smallest absolute Gasteiger partial charge is 0.323 e. The topological polar surface area (TPSA) is 61.4 Å². The van der Waals surface area contributed by atoms with Gasteiger partial charge in [-0.05, 0) is 37.8 Å². The monoisotopic (exact) mass is 232 g/mol. The van der Waals surface area contributed by atoms with Crippen molar-refractivity contribution in [3.05, 3.63) is 36.0 Å². The van der Waals surface area contributed by atoms with Gasteiger partial charge in [-0.25, -0.2) is 4.79 Å². The van der Waals surface area contributed by atoms with Gasteiger partial charge in [-0.1, -0.05) is 11.6 Å². The minimum atomic E-state index is -0.282. The van der Waals surface area contributed by atoms with Crippen LogP contribution in [0.15, 0.2) is 36.0 Å². The highest BCUT2D eigenvalue weighted by Gasteiger charge is 2.07. The lowest BCUT2D eigenvalue weighted by molar-refractivity contribution is 0.255. The number of amides is 2. The average Bonchev–Trinajstić information content (AvgIpc) is 2.79. The van der Waals surface area contributed by atoms with E-state index in [1.165, 1.54) is 24.5 Å². The summed E-state index contributed by atoms with van der Waals surface area (Å²) in [5.41, 5.74) is 1.86. The quantitative estimate of drug-likeness (QED) is 0.734. The highest BCUT2D eigenvalue weighted by molar-refractivity contribution is 5.90. The number of phenols is 1. The molecule has 1 aromatic carbocycles. The molecular weight excluding hydrogens is 216 g/mol. The third-order valence-corrected chi connectivity index (χ3v) is 2.76. The second-order valence-corrected chi connectivity index (χ2v) is 4.16. The van der Waals surface area contributed by atoms with Gasteiger partial charge < -0.3 is 15.7 Å². The number of anilines is 1. The number of aromatic hydroxyl groups is 1. The molecule has 4 heteroatoms. The summed E-state index contributed by atoms with van der Waals surface area (Å²) in [6.07, 6.45) is 6.35. The normalized spacial score (nSPS) is 14.5. The maximum atomic E-state index is 11.5. The SMILES string of the molecule is O=C(NC=C1CCCC1)Nc1cccc(O)c1. The van der Waals surface area contributed by atoms with E-state index in [0.29, 0.717) is 5.69 Å². The van der Waals surface area contributed by atoms with Crippen molar-refractivity contribution in [1.29, 1.82) is 0 Å². The average molecular weight is 232 g/mol. The Bertz CT molecular complexity index is 433. The molecule has 2 rings (SSSR count). The van der Waals surface area contributed by atoms with Crippen molar-refractivity contribution >= 4 is 11.7 Å². The van der Waals surface area contributed by atoms with Crippen LogP contribution in [-0.4, -0.2) is 11.1 Å². The van der Waals surface area contributed by atoms with Gasteiger partial charge in [0.1, 0.15) is 5.75 Å². The van der Waals surface area contributed by atoms with E-state index in [-0.39, 0.29) is 11.8 Å². The minimum absolute atomic E-state index is 0.136. The number of allylic oxidation sites excluding steroid dienone is 1. The summed E-state index contributed by atoms with van der Waals surface area (Å²) in [7, 11) is 0. The Morgan fingerprint density at radius 3 is 2.76 bits per heavy atom. The van der Waals surface area contributed by atoms with Crippen LogP contribution in [0.1, 0.15) is 25.7 Å². The van der Waals surface area contributed by atoms with Crippen LogP contribution in [0.5, 0.6) is 5.75 Å². The molecule has 0 aromatic heterocycles. The molecule has 1 saturated carbocycles. The van der Waals surface area contributed by atoms with Gasteiger partial charge in [0.15, 0.2) is 0 Å². The van der Waals surface area contributed by atoms with E-state index in [9.17, 15) is 9.90 Å². The summed E-state index contributed by atoms with van der Waals surface area (Å²) in [4.78, 5) is 11.5. The number of carbonyl (C=O) groups is 1. The van der Waals surface area contributed by atoms with Crippen LogP contribution in [-0.2, 0) is 0 Å². The lowest BCUT2D eigenvalue weighted by atomic mass is 10.2. The minimum Gasteiger partial charge on any atom is -0.508 e. The zero-order valence-electron chi connectivity index (χ0n) is 9.57. The summed E-state index contributed by atoms with van der Waals surface area (Å²) in [6, 6.07) is 6.18. The zero-order chi connectivity index (χ0) is 12.1. The van der Waals surface area contributed by atoms with Crippen LogP contribution in [0.25, 0.3) is 0 Å². The number of phenolic OH excluding ortho intramolecular Hbond substituents is 1. The fraction of sp³-hybridized carbons (Fsp3) is 0.308. The van der Waals surface area contributed by atoms with Crippen molar-refractivity contribution in [1.82, 2.24) is 5.32 Å². The molecule has 90 valence electrons. The van der Waals surface area contributed by atoms with E-state index in [2.05, 4.69) is 10.6 Å². The molecule has 0 heterocycles. The Balaban J connectivity index is 1.86. The summed E-state index contributed by atoms with van der Waals surface area (Å²) in [5, 5.41) is 14.6. The maximum absolute atomic E-state index is 11.5. The Kier molecular flexibility index (Phi) is 3.65. The largest absolute Gasteiger partial charge is 0.508 e. The lowest BCUT2D eigenvalue weighted by Gasteiger charge is -2.05.